The van der Waals surface area contributed by atoms with E-state index in [9.17, 15) is 19.3 Å². The highest BCUT2D eigenvalue weighted by molar-refractivity contribution is 5.75. The number of amides is 1. The standard InChI is InChI=1S/C15H17FN4O3/c1-15(2,11-3-5-12(16)6-4-11)10-17-14(21)9-19-8-7-13(18-19)20(22)23/h3-8H,9-10H2,1-2H3,(H,17,21). The molecule has 0 bridgehead atoms. The van der Waals surface area contributed by atoms with E-state index < -0.39 is 4.92 Å². The quantitative estimate of drug-likeness (QED) is 0.651. The Morgan fingerprint density at radius 3 is 2.57 bits per heavy atom. The molecule has 1 amide bonds. The number of carbonyl (C=O) groups excluding carboxylic acids is 1. The normalized spacial score (nSPS) is 11.3. The summed E-state index contributed by atoms with van der Waals surface area (Å²) in [6, 6.07) is 7.34. The van der Waals surface area contributed by atoms with Crippen LogP contribution >= 0.6 is 0 Å². The van der Waals surface area contributed by atoms with Crippen molar-refractivity contribution in [2.24, 2.45) is 0 Å². The molecule has 0 unspecified atom stereocenters. The number of nitrogens with one attached hydrogen (secondary N) is 1. The Kier molecular flexibility index (Phi) is 4.73. The van der Waals surface area contributed by atoms with E-state index in [0.717, 1.165) is 5.56 Å². The number of halogens is 1. The molecule has 7 nitrogen and oxygen atoms in total. The highest BCUT2D eigenvalue weighted by Crippen LogP contribution is 2.22. The SMILES string of the molecule is CC(C)(CNC(=O)Cn1ccc([N+](=O)[O-])n1)c1ccc(F)cc1. The van der Waals surface area contributed by atoms with Gasteiger partial charge < -0.3 is 15.4 Å². The van der Waals surface area contributed by atoms with E-state index in [1.807, 2.05) is 13.8 Å². The van der Waals surface area contributed by atoms with Gasteiger partial charge in [0, 0.05) is 12.0 Å². The lowest BCUT2D eigenvalue weighted by Crippen LogP contribution is -2.38. The first-order valence-electron chi connectivity index (χ1n) is 6.98. The van der Waals surface area contributed by atoms with Crippen LogP contribution in [-0.2, 0) is 16.8 Å². The molecule has 23 heavy (non-hydrogen) atoms. The molecule has 8 heteroatoms. The summed E-state index contributed by atoms with van der Waals surface area (Å²) in [7, 11) is 0. The van der Waals surface area contributed by atoms with Gasteiger partial charge >= 0.3 is 5.82 Å². The molecule has 1 aromatic carbocycles. The smallest absolute Gasteiger partial charge is 0.358 e. The maximum atomic E-state index is 13.0. The number of aromatic nitrogens is 2. The number of carbonyl (C=O) groups is 1. The van der Waals surface area contributed by atoms with Crippen molar-refractivity contribution in [3.8, 4) is 0 Å². The third kappa shape index (κ3) is 4.35. The largest absolute Gasteiger partial charge is 0.389 e. The molecule has 1 aromatic heterocycles. The number of hydrogen-bond donors (Lipinski definition) is 1. The lowest BCUT2D eigenvalue weighted by atomic mass is 9.84. The fourth-order valence-corrected chi connectivity index (χ4v) is 2.06. The van der Waals surface area contributed by atoms with Crippen molar-refractivity contribution in [3.63, 3.8) is 0 Å². The van der Waals surface area contributed by atoms with Crippen LogP contribution in [0.5, 0.6) is 0 Å². The maximum absolute atomic E-state index is 13.0. The number of nitro groups is 1. The minimum absolute atomic E-state index is 0.104. The van der Waals surface area contributed by atoms with Crippen LogP contribution in [0.1, 0.15) is 19.4 Å². The number of nitrogens with zero attached hydrogens (tertiary/aromatic N) is 3. The van der Waals surface area contributed by atoms with Gasteiger partial charge in [0.05, 0.1) is 17.4 Å². The maximum Gasteiger partial charge on any atom is 0.389 e. The Bertz CT molecular complexity index is 710. The molecule has 0 saturated carbocycles. The van der Waals surface area contributed by atoms with Crippen LogP contribution in [0, 0.1) is 15.9 Å². The minimum Gasteiger partial charge on any atom is -0.358 e. The molecule has 2 rings (SSSR count). The molecule has 122 valence electrons. The number of benzene rings is 1. The summed E-state index contributed by atoms with van der Waals surface area (Å²) in [5.41, 5.74) is 0.522. The Morgan fingerprint density at radius 2 is 2.00 bits per heavy atom. The molecule has 1 N–H and O–H groups in total. The van der Waals surface area contributed by atoms with E-state index in [1.165, 1.54) is 29.1 Å². The van der Waals surface area contributed by atoms with Crippen LogP contribution in [0.25, 0.3) is 0 Å². The second-order valence-electron chi connectivity index (χ2n) is 5.80. The third-order valence-corrected chi connectivity index (χ3v) is 3.47. The van der Waals surface area contributed by atoms with Gasteiger partial charge in [0.1, 0.15) is 12.4 Å². The Labute approximate surface area is 132 Å². The summed E-state index contributed by atoms with van der Waals surface area (Å²) in [4.78, 5) is 21.8. The molecule has 1 heterocycles. The predicted octanol–water partition coefficient (Wildman–Crippen LogP) is 2.02. The summed E-state index contributed by atoms with van der Waals surface area (Å²) in [5, 5.41) is 17.0. The average molecular weight is 320 g/mol. The van der Waals surface area contributed by atoms with Gasteiger partial charge in [0.25, 0.3) is 0 Å². The zero-order chi connectivity index (χ0) is 17.0. The van der Waals surface area contributed by atoms with Crippen LogP contribution in [-0.4, -0.2) is 27.2 Å². The summed E-state index contributed by atoms with van der Waals surface area (Å²) in [6.07, 6.45) is 1.38. The molecular weight excluding hydrogens is 303 g/mol. The highest BCUT2D eigenvalue weighted by Gasteiger charge is 2.22. The van der Waals surface area contributed by atoms with Gasteiger partial charge in [-0.15, -0.1) is 0 Å². The van der Waals surface area contributed by atoms with Crippen LogP contribution in [0.15, 0.2) is 36.5 Å². The molecule has 0 fully saturated rings. The van der Waals surface area contributed by atoms with E-state index in [-0.39, 0.29) is 29.5 Å². The number of hydrogen-bond acceptors (Lipinski definition) is 4. The Morgan fingerprint density at radius 1 is 1.35 bits per heavy atom. The van der Waals surface area contributed by atoms with Gasteiger partial charge in [-0.05, 0) is 22.6 Å². The first-order chi connectivity index (χ1) is 10.8. The molecule has 0 atom stereocenters. The predicted molar refractivity (Wildman–Crippen MR) is 81.3 cm³/mol. The zero-order valence-electron chi connectivity index (χ0n) is 12.8. The van der Waals surface area contributed by atoms with Gasteiger partial charge in [-0.25, -0.2) is 4.39 Å². The molecule has 0 aliphatic carbocycles. The van der Waals surface area contributed by atoms with E-state index in [1.54, 1.807) is 12.1 Å². The lowest BCUT2D eigenvalue weighted by molar-refractivity contribution is -0.389. The zero-order valence-corrected chi connectivity index (χ0v) is 12.8. The topological polar surface area (TPSA) is 90.1 Å². The summed E-state index contributed by atoms with van der Waals surface area (Å²) >= 11 is 0. The van der Waals surface area contributed by atoms with Crippen molar-refractivity contribution in [1.82, 2.24) is 15.1 Å². The van der Waals surface area contributed by atoms with Crippen LogP contribution in [0.3, 0.4) is 0 Å². The molecule has 0 aliphatic rings. The van der Waals surface area contributed by atoms with E-state index in [2.05, 4.69) is 10.4 Å². The molecule has 0 radical (unpaired) electrons. The Hall–Kier alpha value is -2.77. The van der Waals surface area contributed by atoms with Crippen molar-refractivity contribution in [2.45, 2.75) is 25.8 Å². The fourth-order valence-electron chi connectivity index (χ4n) is 2.06. The lowest BCUT2D eigenvalue weighted by Gasteiger charge is -2.25. The minimum atomic E-state index is -0.619. The third-order valence-electron chi connectivity index (χ3n) is 3.47. The molecule has 0 saturated heterocycles. The van der Waals surface area contributed by atoms with E-state index >= 15 is 0 Å². The van der Waals surface area contributed by atoms with Crippen LogP contribution < -0.4 is 5.32 Å². The van der Waals surface area contributed by atoms with Crippen molar-refractivity contribution in [1.29, 1.82) is 0 Å². The number of rotatable bonds is 6. The van der Waals surface area contributed by atoms with Gasteiger partial charge in [-0.3, -0.25) is 4.79 Å². The Balaban J connectivity index is 1.92. The van der Waals surface area contributed by atoms with Gasteiger partial charge in [0.15, 0.2) is 0 Å². The van der Waals surface area contributed by atoms with Gasteiger partial charge in [0.2, 0.25) is 5.91 Å². The molecule has 0 aliphatic heterocycles. The van der Waals surface area contributed by atoms with Crippen molar-refractivity contribution in [2.75, 3.05) is 6.54 Å². The monoisotopic (exact) mass is 320 g/mol. The second-order valence-corrected chi connectivity index (χ2v) is 5.80. The highest BCUT2D eigenvalue weighted by atomic mass is 19.1. The van der Waals surface area contributed by atoms with Crippen LogP contribution in [0.2, 0.25) is 0 Å². The van der Waals surface area contributed by atoms with Crippen molar-refractivity contribution < 1.29 is 14.1 Å². The van der Waals surface area contributed by atoms with Gasteiger partial charge in [-0.2, -0.15) is 4.68 Å². The van der Waals surface area contributed by atoms with E-state index in [0.29, 0.717) is 6.54 Å². The average Bonchev–Trinajstić information content (AvgIpc) is 2.94. The van der Waals surface area contributed by atoms with Gasteiger partial charge in [-0.1, -0.05) is 26.0 Å². The molecule has 2 aromatic rings. The van der Waals surface area contributed by atoms with Crippen LogP contribution in [0.4, 0.5) is 10.2 Å². The fraction of sp³-hybridized carbons (Fsp3) is 0.333. The van der Waals surface area contributed by atoms with Crippen molar-refractivity contribution in [3.05, 3.63) is 58.0 Å². The summed E-state index contributed by atoms with van der Waals surface area (Å²) in [6.45, 7) is 4.10. The van der Waals surface area contributed by atoms with E-state index in [4.69, 9.17) is 0 Å². The molecular formula is C15H17FN4O3. The summed E-state index contributed by atoms with van der Waals surface area (Å²) in [5.74, 6) is -0.920. The second kappa shape index (κ2) is 6.55. The summed E-state index contributed by atoms with van der Waals surface area (Å²) < 4.78 is 14.2. The first kappa shape index (κ1) is 16.6. The van der Waals surface area contributed by atoms with Crippen molar-refractivity contribution >= 4 is 11.7 Å². The molecule has 0 spiro atoms. The first-order valence-corrected chi connectivity index (χ1v) is 6.98.